The van der Waals surface area contributed by atoms with E-state index in [1.165, 1.54) is 7.11 Å². The van der Waals surface area contributed by atoms with Crippen molar-refractivity contribution in [3.05, 3.63) is 24.3 Å². The average Bonchev–Trinajstić information content (AvgIpc) is 2.30. The third kappa shape index (κ3) is 4.22. The molecule has 88 valence electrons. The van der Waals surface area contributed by atoms with E-state index in [-0.39, 0.29) is 6.42 Å². The maximum Gasteiger partial charge on any atom is 0.325 e. The van der Waals surface area contributed by atoms with Crippen LogP contribution in [0.1, 0.15) is 6.42 Å². The highest BCUT2D eigenvalue weighted by atomic mass is 16.5. The number of benzene rings is 1. The summed E-state index contributed by atoms with van der Waals surface area (Å²) in [6.07, 6.45) is -0.351. The molecule has 0 heterocycles. The van der Waals surface area contributed by atoms with Crippen molar-refractivity contribution in [2.75, 3.05) is 12.4 Å². The lowest BCUT2D eigenvalue weighted by Gasteiger charge is -2.06. The Balaban J connectivity index is 2.50. The summed E-state index contributed by atoms with van der Waals surface area (Å²) >= 11 is 0. The molecule has 0 aliphatic heterocycles. The highest BCUT2D eigenvalue weighted by Crippen LogP contribution is 2.14. The molecule has 6 nitrogen and oxygen atoms in total. The number of anilines is 1. The van der Waals surface area contributed by atoms with Gasteiger partial charge in [-0.05, 0) is 24.3 Å². The number of nitrogens with one attached hydrogen (secondary N) is 2. The lowest BCUT2D eigenvalue weighted by Crippen LogP contribution is -2.33. The molecule has 17 heavy (non-hydrogen) atoms. The van der Waals surface area contributed by atoms with E-state index in [1.807, 2.05) is 5.32 Å². The minimum absolute atomic E-state index is 0.351. The highest BCUT2D eigenvalue weighted by molar-refractivity contribution is 6.01. The van der Waals surface area contributed by atoms with Gasteiger partial charge in [-0.1, -0.05) is 0 Å². The molecule has 2 N–H and O–H groups in total. The monoisotopic (exact) mass is 233 g/mol. The van der Waals surface area contributed by atoms with Crippen LogP contribution in [0.5, 0.6) is 5.75 Å². The third-order valence-corrected chi connectivity index (χ3v) is 1.84. The fourth-order valence-corrected chi connectivity index (χ4v) is 1.08. The fraction of sp³-hybridized carbons (Fsp3) is 0.182. The minimum atomic E-state index is -0.671. The average molecular weight is 233 g/mol. The third-order valence-electron chi connectivity index (χ3n) is 1.84. The molecule has 0 aliphatic carbocycles. The first kappa shape index (κ1) is 12.5. The Hall–Kier alpha value is -2.55. The number of urea groups is 1. The van der Waals surface area contributed by atoms with Crippen LogP contribution in [-0.4, -0.2) is 19.0 Å². The van der Waals surface area contributed by atoms with Crippen molar-refractivity contribution in [2.24, 2.45) is 0 Å². The second-order valence-corrected chi connectivity index (χ2v) is 3.07. The Labute approximate surface area is 98.2 Å². The molecule has 0 unspecified atom stereocenters. The Kier molecular flexibility index (Phi) is 4.51. The van der Waals surface area contributed by atoms with Gasteiger partial charge < -0.3 is 10.1 Å². The standard InChI is InChI=1S/C11H11N3O3/c1-17-9-4-2-8(3-5-9)13-11(16)14-10(15)6-7-12/h2-5H,6H2,1H3,(H2,13,14,15,16). The zero-order valence-corrected chi connectivity index (χ0v) is 9.19. The van der Waals surface area contributed by atoms with Crippen LogP contribution >= 0.6 is 0 Å². The number of carbonyl (C=O) groups is 2. The second-order valence-electron chi connectivity index (χ2n) is 3.07. The zero-order valence-electron chi connectivity index (χ0n) is 9.19. The van der Waals surface area contributed by atoms with E-state index < -0.39 is 11.9 Å². The summed E-state index contributed by atoms with van der Waals surface area (Å²) in [5.74, 6) is 0.0232. The molecule has 3 amide bonds. The van der Waals surface area contributed by atoms with Crippen molar-refractivity contribution in [3.8, 4) is 11.8 Å². The van der Waals surface area contributed by atoms with Crippen LogP contribution in [0.25, 0.3) is 0 Å². The summed E-state index contributed by atoms with van der Waals surface area (Å²) in [5.41, 5.74) is 0.521. The molecule has 0 atom stereocenters. The Bertz CT molecular complexity index is 448. The smallest absolute Gasteiger partial charge is 0.325 e. The van der Waals surface area contributed by atoms with Gasteiger partial charge in [0.1, 0.15) is 12.2 Å². The predicted octanol–water partition coefficient (Wildman–Crippen LogP) is 1.26. The van der Waals surface area contributed by atoms with Crippen LogP contribution in [0.15, 0.2) is 24.3 Å². The molecule has 1 rings (SSSR count). The van der Waals surface area contributed by atoms with Gasteiger partial charge in [-0.3, -0.25) is 10.1 Å². The molecule has 0 saturated carbocycles. The van der Waals surface area contributed by atoms with E-state index in [0.717, 1.165) is 0 Å². The molecule has 1 aromatic carbocycles. The van der Waals surface area contributed by atoms with E-state index in [2.05, 4.69) is 5.32 Å². The van der Waals surface area contributed by atoms with Gasteiger partial charge in [0.15, 0.2) is 0 Å². The molecule has 0 aromatic heterocycles. The molecule has 0 fully saturated rings. The first-order valence-electron chi connectivity index (χ1n) is 4.77. The number of carbonyl (C=O) groups excluding carboxylic acids is 2. The van der Waals surface area contributed by atoms with Crippen molar-refractivity contribution in [2.45, 2.75) is 6.42 Å². The van der Waals surface area contributed by atoms with Gasteiger partial charge in [0.2, 0.25) is 5.91 Å². The number of ether oxygens (including phenoxy) is 1. The molecule has 0 radical (unpaired) electrons. The number of methoxy groups -OCH3 is 1. The maximum atomic E-state index is 11.3. The van der Waals surface area contributed by atoms with Gasteiger partial charge >= 0.3 is 6.03 Å². The topological polar surface area (TPSA) is 91.2 Å². The molecule has 0 aliphatic rings. The molecule has 0 spiro atoms. The number of nitrogens with zero attached hydrogens (tertiary/aromatic N) is 1. The Morgan fingerprint density at radius 3 is 2.53 bits per heavy atom. The van der Waals surface area contributed by atoms with E-state index in [0.29, 0.717) is 11.4 Å². The normalized spacial score (nSPS) is 8.94. The summed E-state index contributed by atoms with van der Waals surface area (Å²) in [5, 5.41) is 12.7. The number of hydrogen-bond donors (Lipinski definition) is 2. The zero-order chi connectivity index (χ0) is 12.7. The van der Waals surface area contributed by atoms with Crippen LogP contribution in [0, 0.1) is 11.3 Å². The van der Waals surface area contributed by atoms with Crippen LogP contribution < -0.4 is 15.4 Å². The lowest BCUT2D eigenvalue weighted by molar-refractivity contribution is -0.118. The van der Waals surface area contributed by atoms with Crippen molar-refractivity contribution >= 4 is 17.6 Å². The van der Waals surface area contributed by atoms with Crippen LogP contribution in [0.4, 0.5) is 10.5 Å². The first-order valence-corrected chi connectivity index (χ1v) is 4.77. The summed E-state index contributed by atoms with van der Waals surface area (Å²) < 4.78 is 4.95. The Morgan fingerprint density at radius 2 is 2.00 bits per heavy atom. The maximum absolute atomic E-state index is 11.3. The van der Waals surface area contributed by atoms with E-state index in [9.17, 15) is 9.59 Å². The second kappa shape index (κ2) is 6.12. The van der Waals surface area contributed by atoms with Gasteiger partial charge in [0.05, 0.1) is 13.2 Å². The number of nitriles is 1. The van der Waals surface area contributed by atoms with Crippen molar-refractivity contribution in [3.63, 3.8) is 0 Å². The first-order chi connectivity index (χ1) is 8.15. The number of rotatable bonds is 3. The van der Waals surface area contributed by atoms with Crippen molar-refractivity contribution in [1.29, 1.82) is 5.26 Å². The summed E-state index contributed by atoms with van der Waals surface area (Å²) in [4.78, 5) is 22.2. The van der Waals surface area contributed by atoms with E-state index in [1.54, 1.807) is 30.3 Å². The van der Waals surface area contributed by atoms with Crippen molar-refractivity contribution in [1.82, 2.24) is 5.32 Å². The summed E-state index contributed by atoms with van der Waals surface area (Å²) in [7, 11) is 1.54. The molecular formula is C11H11N3O3. The van der Waals surface area contributed by atoms with Gasteiger partial charge in [0, 0.05) is 5.69 Å². The predicted molar refractivity (Wildman–Crippen MR) is 60.4 cm³/mol. The summed E-state index contributed by atoms with van der Waals surface area (Å²) in [6.45, 7) is 0. The van der Waals surface area contributed by atoms with Gasteiger partial charge in [-0.15, -0.1) is 0 Å². The van der Waals surface area contributed by atoms with Crippen LogP contribution in [0.2, 0.25) is 0 Å². The quantitative estimate of drug-likeness (QED) is 0.822. The van der Waals surface area contributed by atoms with Crippen LogP contribution in [0.3, 0.4) is 0 Å². The SMILES string of the molecule is COc1ccc(NC(=O)NC(=O)CC#N)cc1. The van der Waals surface area contributed by atoms with Gasteiger partial charge in [0.25, 0.3) is 0 Å². The molecule has 1 aromatic rings. The van der Waals surface area contributed by atoms with E-state index >= 15 is 0 Å². The minimum Gasteiger partial charge on any atom is -0.497 e. The number of hydrogen-bond acceptors (Lipinski definition) is 4. The van der Waals surface area contributed by atoms with Gasteiger partial charge in [-0.25, -0.2) is 4.79 Å². The largest absolute Gasteiger partial charge is 0.497 e. The molecular weight excluding hydrogens is 222 g/mol. The number of amides is 3. The lowest BCUT2D eigenvalue weighted by atomic mass is 10.3. The fourth-order valence-electron chi connectivity index (χ4n) is 1.08. The molecule has 0 saturated heterocycles. The Morgan fingerprint density at radius 1 is 1.35 bits per heavy atom. The molecule has 6 heteroatoms. The summed E-state index contributed by atoms with van der Waals surface area (Å²) in [6, 6.07) is 7.58. The van der Waals surface area contributed by atoms with Crippen LogP contribution in [-0.2, 0) is 4.79 Å². The van der Waals surface area contributed by atoms with Crippen molar-refractivity contribution < 1.29 is 14.3 Å². The highest BCUT2D eigenvalue weighted by Gasteiger charge is 2.06. The van der Waals surface area contributed by atoms with Gasteiger partial charge in [-0.2, -0.15) is 5.26 Å². The molecule has 0 bridgehead atoms. The number of imide groups is 1. The van der Waals surface area contributed by atoms with E-state index in [4.69, 9.17) is 10.00 Å².